The molecule has 1 aromatic heterocycles. The molecule has 2 aliphatic heterocycles. The standard InChI is InChI=1S/C22H32N6O/c1-18-7-9-27(16-21(18)28-10-8-24-17-28)22(23-2)25-15-19-3-5-20(6-4-19)26-11-13-29-14-12-26/h3-6,8,10,17-18,21H,7,9,11-16H2,1-2H3,(H,23,25). The number of nitrogens with zero attached hydrogens (tertiary/aromatic N) is 5. The third-order valence-corrected chi connectivity index (χ3v) is 6.10. The molecule has 2 aliphatic rings. The highest BCUT2D eigenvalue weighted by Crippen LogP contribution is 2.27. The molecule has 7 heteroatoms. The number of nitrogens with one attached hydrogen (secondary N) is 1. The number of morpholine rings is 1. The largest absolute Gasteiger partial charge is 0.378 e. The van der Waals surface area contributed by atoms with Crippen molar-refractivity contribution in [1.82, 2.24) is 19.8 Å². The lowest BCUT2D eigenvalue weighted by molar-refractivity contribution is 0.122. The summed E-state index contributed by atoms with van der Waals surface area (Å²) in [7, 11) is 1.87. The average Bonchev–Trinajstić information content (AvgIpc) is 3.31. The van der Waals surface area contributed by atoms with Crippen LogP contribution in [0.1, 0.15) is 24.9 Å². The third kappa shape index (κ3) is 4.72. The van der Waals surface area contributed by atoms with E-state index in [1.54, 1.807) is 0 Å². The van der Waals surface area contributed by atoms with Gasteiger partial charge in [-0.1, -0.05) is 19.1 Å². The fraction of sp³-hybridized carbons (Fsp3) is 0.545. The molecule has 0 saturated carbocycles. The highest BCUT2D eigenvalue weighted by Gasteiger charge is 2.28. The Morgan fingerprint density at radius 2 is 2.00 bits per heavy atom. The van der Waals surface area contributed by atoms with E-state index in [0.717, 1.165) is 58.3 Å². The Morgan fingerprint density at radius 1 is 1.21 bits per heavy atom. The number of aromatic nitrogens is 2. The number of hydrogen-bond donors (Lipinski definition) is 1. The van der Waals surface area contributed by atoms with Gasteiger partial charge < -0.3 is 24.4 Å². The molecule has 2 atom stereocenters. The number of aliphatic imine (C=N–C) groups is 1. The van der Waals surface area contributed by atoms with Gasteiger partial charge in [0.1, 0.15) is 0 Å². The zero-order valence-corrected chi connectivity index (χ0v) is 17.5. The Kier molecular flexibility index (Phi) is 6.34. The Morgan fingerprint density at radius 3 is 2.69 bits per heavy atom. The van der Waals surface area contributed by atoms with Gasteiger partial charge in [-0.2, -0.15) is 0 Å². The molecule has 2 aromatic rings. The summed E-state index contributed by atoms with van der Waals surface area (Å²) < 4.78 is 7.67. The summed E-state index contributed by atoms with van der Waals surface area (Å²) in [5.74, 6) is 1.60. The van der Waals surface area contributed by atoms with Crippen molar-refractivity contribution in [2.75, 3.05) is 51.3 Å². The second kappa shape index (κ2) is 9.31. The molecule has 2 saturated heterocycles. The van der Waals surface area contributed by atoms with Crippen molar-refractivity contribution >= 4 is 11.6 Å². The molecular weight excluding hydrogens is 364 g/mol. The van der Waals surface area contributed by atoms with Crippen LogP contribution in [-0.2, 0) is 11.3 Å². The van der Waals surface area contributed by atoms with Gasteiger partial charge >= 0.3 is 0 Å². The third-order valence-electron chi connectivity index (χ3n) is 6.10. The normalized spacial score (nSPS) is 23.3. The molecule has 7 nitrogen and oxygen atoms in total. The first-order valence-corrected chi connectivity index (χ1v) is 10.6. The summed E-state index contributed by atoms with van der Waals surface area (Å²) in [4.78, 5) is 13.5. The average molecular weight is 397 g/mol. The van der Waals surface area contributed by atoms with Crippen molar-refractivity contribution in [3.05, 3.63) is 48.5 Å². The molecule has 0 spiro atoms. The van der Waals surface area contributed by atoms with Crippen molar-refractivity contribution in [1.29, 1.82) is 0 Å². The molecule has 1 aromatic carbocycles. The van der Waals surface area contributed by atoms with Gasteiger partial charge in [0.2, 0.25) is 0 Å². The van der Waals surface area contributed by atoms with E-state index >= 15 is 0 Å². The van der Waals surface area contributed by atoms with Gasteiger partial charge in [0.25, 0.3) is 0 Å². The molecule has 1 N–H and O–H groups in total. The van der Waals surface area contributed by atoms with Gasteiger partial charge in [-0.05, 0) is 30.0 Å². The summed E-state index contributed by atoms with van der Waals surface area (Å²) in [6.07, 6.45) is 7.00. The monoisotopic (exact) mass is 396 g/mol. The predicted molar refractivity (Wildman–Crippen MR) is 116 cm³/mol. The predicted octanol–water partition coefficient (Wildman–Crippen LogP) is 2.38. The summed E-state index contributed by atoms with van der Waals surface area (Å²) in [5.41, 5.74) is 2.54. The lowest BCUT2D eigenvalue weighted by Gasteiger charge is -2.39. The second-order valence-corrected chi connectivity index (χ2v) is 7.96. The molecule has 0 amide bonds. The van der Waals surface area contributed by atoms with Crippen LogP contribution in [0.4, 0.5) is 5.69 Å². The quantitative estimate of drug-likeness (QED) is 0.635. The van der Waals surface area contributed by atoms with Crippen LogP contribution < -0.4 is 10.2 Å². The molecule has 0 bridgehead atoms. The van der Waals surface area contributed by atoms with Gasteiger partial charge in [-0.15, -0.1) is 0 Å². The van der Waals surface area contributed by atoms with E-state index in [1.165, 1.54) is 11.3 Å². The Hall–Kier alpha value is -2.54. The minimum Gasteiger partial charge on any atom is -0.378 e. The van der Waals surface area contributed by atoms with Crippen LogP contribution in [0.15, 0.2) is 48.0 Å². The molecular formula is C22H32N6O. The first kappa shape index (κ1) is 19.8. The molecule has 0 aliphatic carbocycles. The van der Waals surface area contributed by atoms with Crippen LogP contribution in [0.5, 0.6) is 0 Å². The number of imidazole rings is 1. The number of ether oxygens (including phenoxy) is 1. The van der Waals surface area contributed by atoms with Crippen LogP contribution in [-0.4, -0.2) is 66.9 Å². The van der Waals surface area contributed by atoms with E-state index < -0.39 is 0 Å². The number of piperidine rings is 1. The number of likely N-dealkylation sites (tertiary alicyclic amines) is 1. The SMILES string of the molecule is CN=C(NCc1ccc(N2CCOCC2)cc1)N1CCC(C)C(n2ccnc2)C1. The van der Waals surface area contributed by atoms with Crippen LogP contribution in [0.2, 0.25) is 0 Å². The minimum atomic E-state index is 0.428. The van der Waals surface area contributed by atoms with E-state index in [-0.39, 0.29) is 0 Å². The van der Waals surface area contributed by atoms with Gasteiger partial charge in [-0.3, -0.25) is 4.99 Å². The number of rotatable bonds is 4. The van der Waals surface area contributed by atoms with Gasteiger partial charge in [0, 0.05) is 57.9 Å². The molecule has 156 valence electrons. The Balaban J connectivity index is 1.34. The molecule has 0 radical (unpaired) electrons. The number of guanidine groups is 1. The number of hydrogen-bond acceptors (Lipinski definition) is 4. The smallest absolute Gasteiger partial charge is 0.193 e. The lowest BCUT2D eigenvalue weighted by Crippen LogP contribution is -2.48. The maximum Gasteiger partial charge on any atom is 0.193 e. The van der Waals surface area contributed by atoms with Crippen LogP contribution in [0.3, 0.4) is 0 Å². The molecule has 29 heavy (non-hydrogen) atoms. The Bertz CT molecular complexity index is 782. The summed E-state index contributed by atoms with van der Waals surface area (Å²) >= 11 is 0. The van der Waals surface area contributed by atoms with Crippen molar-refractivity contribution in [3.63, 3.8) is 0 Å². The van der Waals surface area contributed by atoms with Crippen molar-refractivity contribution in [2.24, 2.45) is 10.9 Å². The summed E-state index contributed by atoms with van der Waals surface area (Å²) in [5, 5.41) is 3.55. The Labute approximate surface area is 173 Å². The van der Waals surface area contributed by atoms with Crippen LogP contribution in [0.25, 0.3) is 0 Å². The van der Waals surface area contributed by atoms with Gasteiger partial charge in [-0.25, -0.2) is 4.98 Å². The minimum absolute atomic E-state index is 0.428. The first-order chi connectivity index (χ1) is 14.2. The summed E-state index contributed by atoms with van der Waals surface area (Å²) in [6.45, 7) is 8.65. The zero-order chi connectivity index (χ0) is 20.1. The zero-order valence-electron chi connectivity index (χ0n) is 17.5. The highest BCUT2D eigenvalue weighted by atomic mass is 16.5. The van der Waals surface area contributed by atoms with E-state index in [4.69, 9.17) is 4.74 Å². The van der Waals surface area contributed by atoms with Crippen LogP contribution in [0, 0.1) is 5.92 Å². The molecule has 2 unspecified atom stereocenters. The van der Waals surface area contributed by atoms with E-state index in [0.29, 0.717) is 12.0 Å². The highest BCUT2D eigenvalue weighted by molar-refractivity contribution is 5.80. The second-order valence-electron chi connectivity index (χ2n) is 7.96. The molecule has 3 heterocycles. The van der Waals surface area contributed by atoms with E-state index in [2.05, 4.69) is 67.0 Å². The number of anilines is 1. The maximum atomic E-state index is 5.44. The fourth-order valence-electron chi connectivity index (χ4n) is 4.25. The maximum absolute atomic E-state index is 5.44. The fourth-order valence-corrected chi connectivity index (χ4v) is 4.25. The van der Waals surface area contributed by atoms with E-state index in [1.807, 2.05) is 19.6 Å². The topological polar surface area (TPSA) is 57.9 Å². The van der Waals surface area contributed by atoms with E-state index in [9.17, 15) is 0 Å². The molecule has 4 rings (SSSR count). The van der Waals surface area contributed by atoms with Gasteiger partial charge in [0.05, 0.1) is 25.6 Å². The van der Waals surface area contributed by atoms with Crippen molar-refractivity contribution < 1.29 is 4.74 Å². The summed E-state index contributed by atoms with van der Waals surface area (Å²) in [6, 6.07) is 9.26. The number of benzene rings is 1. The van der Waals surface area contributed by atoms with Crippen LogP contribution >= 0.6 is 0 Å². The van der Waals surface area contributed by atoms with Crippen molar-refractivity contribution in [3.8, 4) is 0 Å². The van der Waals surface area contributed by atoms with Gasteiger partial charge in [0.15, 0.2) is 5.96 Å². The van der Waals surface area contributed by atoms with Crippen molar-refractivity contribution in [2.45, 2.75) is 25.9 Å². The lowest BCUT2D eigenvalue weighted by atomic mass is 9.93. The first-order valence-electron chi connectivity index (χ1n) is 10.6. The molecule has 2 fully saturated rings.